The number of benzene rings is 3. The van der Waals surface area contributed by atoms with E-state index in [2.05, 4.69) is 5.32 Å². The largest absolute Gasteiger partial charge is 0.497 e. The highest BCUT2D eigenvalue weighted by Gasteiger charge is 2.21. The lowest BCUT2D eigenvalue weighted by molar-refractivity contribution is -0.136. The van der Waals surface area contributed by atoms with Crippen LogP contribution in [-0.2, 0) is 16.1 Å². The second-order valence-electron chi connectivity index (χ2n) is 9.41. The zero-order valence-electron chi connectivity index (χ0n) is 21.7. The lowest BCUT2D eigenvalue weighted by Crippen LogP contribution is -2.38. The Hall–Kier alpha value is -4.10. The third-order valence-electron chi connectivity index (χ3n) is 5.91. The van der Waals surface area contributed by atoms with Gasteiger partial charge in [0, 0.05) is 35.8 Å². The van der Waals surface area contributed by atoms with Crippen molar-refractivity contribution in [2.75, 3.05) is 19.0 Å². The first-order chi connectivity index (χ1) is 18.3. The van der Waals surface area contributed by atoms with Gasteiger partial charge in [0.1, 0.15) is 12.3 Å². The molecular formula is C30H31ClN4O3. The lowest BCUT2D eigenvalue weighted by Gasteiger charge is -2.23. The van der Waals surface area contributed by atoms with Gasteiger partial charge in [-0.1, -0.05) is 74.0 Å². The highest BCUT2D eigenvalue weighted by Crippen LogP contribution is 2.27. The van der Waals surface area contributed by atoms with Crippen LogP contribution in [0.15, 0.2) is 85.1 Å². The van der Waals surface area contributed by atoms with Crippen LogP contribution in [0.25, 0.3) is 16.9 Å². The normalized spacial score (nSPS) is 10.9. The van der Waals surface area contributed by atoms with Crippen molar-refractivity contribution in [3.05, 3.63) is 95.6 Å². The molecule has 0 saturated carbocycles. The van der Waals surface area contributed by atoms with Crippen molar-refractivity contribution in [3.63, 3.8) is 0 Å². The van der Waals surface area contributed by atoms with E-state index >= 15 is 0 Å². The summed E-state index contributed by atoms with van der Waals surface area (Å²) in [5, 5.41) is 3.55. The van der Waals surface area contributed by atoms with Crippen LogP contribution in [0.4, 0.5) is 5.95 Å². The number of anilines is 1. The summed E-state index contributed by atoms with van der Waals surface area (Å²) in [4.78, 5) is 32.6. The molecule has 0 aliphatic heterocycles. The van der Waals surface area contributed by atoms with E-state index in [0.717, 1.165) is 16.8 Å². The van der Waals surface area contributed by atoms with E-state index in [4.69, 9.17) is 21.3 Å². The average Bonchev–Trinajstić information content (AvgIpc) is 3.32. The SMILES string of the molecule is COc1cccc(-n2cc(-c3ccc(Cl)cc3)nc2NC(=O)CN(Cc2ccccc2)C(=O)CC(C)C)c1. The number of methoxy groups -OCH3 is 1. The van der Waals surface area contributed by atoms with Crippen molar-refractivity contribution < 1.29 is 14.3 Å². The first-order valence-corrected chi connectivity index (χ1v) is 12.8. The summed E-state index contributed by atoms with van der Waals surface area (Å²) < 4.78 is 7.18. The third-order valence-corrected chi connectivity index (χ3v) is 6.17. The van der Waals surface area contributed by atoms with E-state index in [9.17, 15) is 9.59 Å². The fourth-order valence-electron chi connectivity index (χ4n) is 4.04. The van der Waals surface area contributed by atoms with Crippen LogP contribution in [0.3, 0.4) is 0 Å². The molecule has 0 bridgehead atoms. The number of hydrogen-bond acceptors (Lipinski definition) is 4. The number of carbonyl (C=O) groups excluding carboxylic acids is 2. The molecule has 0 radical (unpaired) electrons. The monoisotopic (exact) mass is 530 g/mol. The smallest absolute Gasteiger partial charge is 0.246 e. The number of hydrogen-bond donors (Lipinski definition) is 1. The maximum Gasteiger partial charge on any atom is 0.246 e. The molecule has 0 aliphatic rings. The number of ether oxygens (including phenoxy) is 1. The summed E-state index contributed by atoms with van der Waals surface area (Å²) in [6, 6.07) is 24.5. The Kier molecular flexibility index (Phi) is 8.81. The standard InChI is InChI=1S/C30H31ClN4O3/c1-21(2)16-29(37)34(18-22-8-5-4-6-9-22)20-28(36)33-30-32-27(23-12-14-24(31)15-13-23)19-35(30)25-10-7-11-26(17-25)38-3/h4-15,17,19,21H,16,18,20H2,1-3H3,(H,32,33,36). The average molecular weight is 531 g/mol. The molecule has 1 N–H and O–H groups in total. The van der Waals surface area contributed by atoms with Crippen molar-refractivity contribution in [2.24, 2.45) is 5.92 Å². The van der Waals surface area contributed by atoms with E-state index in [1.807, 2.05) is 86.8 Å². The summed E-state index contributed by atoms with van der Waals surface area (Å²) in [5.74, 6) is 0.782. The maximum absolute atomic E-state index is 13.3. The Labute approximate surface area is 228 Å². The van der Waals surface area contributed by atoms with Gasteiger partial charge in [0.05, 0.1) is 18.5 Å². The van der Waals surface area contributed by atoms with Crippen LogP contribution in [0.2, 0.25) is 5.02 Å². The van der Waals surface area contributed by atoms with E-state index in [1.165, 1.54) is 0 Å². The van der Waals surface area contributed by atoms with E-state index < -0.39 is 0 Å². The Morgan fingerprint density at radius 2 is 1.76 bits per heavy atom. The van der Waals surface area contributed by atoms with Gasteiger partial charge in [0.25, 0.3) is 0 Å². The van der Waals surface area contributed by atoms with Gasteiger partial charge in [-0.3, -0.25) is 19.5 Å². The second-order valence-corrected chi connectivity index (χ2v) is 9.85. The summed E-state index contributed by atoms with van der Waals surface area (Å²) in [7, 11) is 1.60. The molecule has 196 valence electrons. The third kappa shape index (κ3) is 7.01. The Balaban J connectivity index is 1.62. The number of nitrogens with zero attached hydrogens (tertiary/aromatic N) is 3. The van der Waals surface area contributed by atoms with Crippen molar-refractivity contribution in [1.29, 1.82) is 0 Å². The van der Waals surface area contributed by atoms with Crippen LogP contribution in [-0.4, -0.2) is 39.9 Å². The van der Waals surface area contributed by atoms with E-state index in [-0.39, 0.29) is 24.3 Å². The molecule has 0 fully saturated rings. The number of aromatic nitrogens is 2. The molecule has 0 unspecified atom stereocenters. The van der Waals surface area contributed by atoms with Gasteiger partial charge >= 0.3 is 0 Å². The molecule has 0 atom stereocenters. The van der Waals surface area contributed by atoms with Gasteiger partial charge in [-0.15, -0.1) is 0 Å². The highest BCUT2D eigenvalue weighted by atomic mass is 35.5. The molecule has 1 aromatic heterocycles. The minimum Gasteiger partial charge on any atom is -0.497 e. The quantitative estimate of drug-likeness (QED) is 0.264. The minimum absolute atomic E-state index is 0.0722. The maximum atomic E-state index is 13.3. The molecule has 2 amide bonds. The molecule has 4 aromatic rings. The van der Waals surface area contributed by atoms with Crippen molar-refractivity contribution in [2.45, 2.75) is 26.8 Å². The molecule has 7 nitrogen and oxygen atoms in total. The number of rotatable bonds is 10. The molecule has 0 aliphatic carbocycles. The molecule has 3 aromatic carbocycles. The Morgan fingerprint density at radius 1 is 1.03 bits per heavy atom. The predicted molar refractivity (Wildman–Crippen MR) is 151 cm³/mol. The molecule has 8 heteroatoms. The summed E-state index contributed by atoms with van der Waals surface area (Å²) in [6.07, 6.45) is 2.21. The molecule has 4 rings (SSSR count). The van der Waals surface area contributed by atoms with Crippen LogP contribution in [0.5, 0.6) is 5.75 Å². The van der Waals surface area contributed by atoms with Crippen LogP contribution >= 0.6 is 11.6 Å². The minimum atomic E-state index is -0.338. The number of nitrogens with one attached hydrogen (secondary N) is 1. The fraction of sp³-hybridized carbons (Fsp3) is 0.233. The van der Waals surface area contributed by atoms with Crippen molar-refractivity contribution in [1.82, 2.24) is 14.5 Å². The second kappa shape index (κ2) is 12.4. The zero-order valence-corrected chi connectivity index (χ0v) is 22.5. The first kappa shape index (κ1) is 26.9. The van der Waals surface area contributed by atoms with Gasteiger partial charge in [0.2, 0.25) is 17.8 Å². The zero-order chi connectivity index (χ0) is 27.1. The lowest BCUT2D eigenvalue weighted by atomic mass is 10.1. The van der Waals surface area contributed by atoms with Crippen molar-refractivity contribution in [3.8, 4) is 22.7 Å². The van der Waals surface area contributed by atoms with Crippen LogP contribution in [0.1, 0.15) is 25.8 Å². The number of imidazole rings is 1. The fourth-order valence-corrected chi connectivity index (χ4v) is 4.16. The molecule has 0 spiro atoms. The number of halogens is 1. The van der Waals surface area contributed by atoms with Gasteiger partial charge in [0.15, 0.2) is 0 Å². The number of carbonyl (C=O) groups is 2. The highest BCUT2D eigenvalue weighted by molar-refractivity contribution is 6.30. The summed E-state index contributed by atoms with van der Waals surface area (Å²) >= 11 is 6.07. The predicted octanol–water partition coefficient (Wildman–Crippen LogP) is 6.21. The summed E-state index contributed by atoms with van der Waals surface area (Å²) in [6.45, 7) is 4.23. The Morgan fingerprint density at radius 3 is 2.45 bits per heavy atom. The number of amides is 2. The van der Waals surface area contributed by atoms with Gasteiger partial charge < -0.3 is 9.64 Å². The topological polar surface area (TPSA) is 76.5 Å². The summed E-state index contributed by atoms with van der Waals surface area (Å²) in [5.41, 5.74) is 3.24. The van der Waals surface area contributed by atoms with Crippen molar-refractivity contribution >= 4 is 29.4 Å². The Bertz CT molecular complexity index is 1380. The molecule has 38 heavy (non-hydrogen) atoms. The molecular weight excluding hydrogens is 500 g/mol. The van der Waals surface area contributed by atoms with Gasteiger partial charge in [-0.05, 0) is 35.7 Å². The van der Waals surface area contributed by atoms with Gasteiger partial charge in [-0.25, -0.2) is 4.98 Å². The van der Waals surface area contributed by atoms with E-state index in [1.54, 1.807) is 28.7 Å². The first-order valence-electron chi connectivity index (χ1n) is 12.4. The van der Waals surface area contributed by atoms with Crippen LogP contribution in [0, 0.1) is 5.92 Å². The van der Waals surface area contributed by atoms with Gasteiger partial charge in [-0.2, -0.15) is 0 Å². The molecule has 1 heterocycles. The molecule has 0 saturated heterocycles. The van der Waals surface area contributed by atoms with E-state index in [0.29, 0.717) is 35.4 Å². The van der Waals surface area contributed by atoms with Crippen LogP contribution < -0.4 is 10.1 Å².